The normalized spacial score (nSPS) is 39.0. The van der Waals surface area contributed by atoms with Crippen LogP contribution in [0.3, 0.4) is 0 Å². The van der Waals surface area contributed by atoms with Gasteiger partial charge in [0.1, 0.15) is 0 Å². The monoisotopic (exact) mass is 182 g/mol. The molecular formula is C11H22N2. The average Bonchev–Trinajstić information content (AvgIpc) is 2.46. The van der Waals surface area contributed by atoms with Crippen LogP contribution < -0.4 is 5.32 Å². The second-order valence-corrected chi connectivity index (χ2v) is 5.46. The average molecular weight is 182 g/mol. The smallest absolute Gasteiger partial charge is 0.0261 e. The highest BCUT2D eigenvalue weighted by Gasteiger charge is 2.41. The molecule has 76 valence electrons. The van der Waals surface area contributed by atoms with Gasteiger partial charge in [-0.15, -0.1) is 0 Å². The van der Waals surface area contributed by atoms with E-state index in [9.17, 15) is 0 Å². The first kappa shape index (κ1) is 9.47. The summed E-state index contributed by atoms with van der Waals surface area (Å²) in [4.78, 5) is 2.66. The quantitative estimate of drug-likeness (QED) is 0.693. The molecule has 0 amide bonds. The molecule has 2 unspecified atom stereocenters. The molecule has 0 aliphatic carbocycles. The number of hydrogen-bond donors (Lipinski definition) is 1. The molecule has 0 saturated carbocycles. The summed E-state index contributed by atoms with van der Waals surface area (Å²) < 4.78 is 0. The van der Waals surface area contributed by atoms with E-state index in [4.69, 9.17) is 0 Å². The summed E-state index contributed by atoms with van der Waals surface area (Å²) in [6, 6.07) is 0.832. The van der Waals surface area contributed by atoms with Crippen LogP contribution in [0.25, 0.3) is 0 Å². The molecule has 2 fully saturated rings. The van der Waals surface area contributed by atoms with Crippen molar-refractivity contribution in [1.82, 2.24) is 10.2 Å². The fraction of sp³-hybridized carbons (Fsp3) is 1.00. The topological polar surface area (TPSA) is 15.3 Å². The van der Waals surface area contributed by atoms with Crippen LogP contribution in [-0.4, -0.2) is 37.1 Å². The Hall–Kier alpha value is -0.0800. The zero-order valence-electron chi connectivity index (χ0n) is 9.14. The summed E-state index contributed by atoms with van der Waals surface area (Å²) in [7, 11) is 0. The lowest BCUT2D eigenvalue weighted by Gasteiger charge is -2.50. The minimum atomic E-state index is 0.584. The Morgan fingerprint density at radius 2 is 2.00 bits per heavy atom. The molecule has 2 aliphatic heterocycles. The predicted molar refractivity (Wildman–Crippen MR) is 55.8 cm³/mol. The Morgan fingerprint density at radius 3 is 2.54 bits per heavy atom. The Bertz CT molecular complexity index is 181. The fourth-order valence-electron chi connectivity index (χ4n) is 2.85. The Morgan fingerprint density at radius 1 is 1.31 bits per heavy atom. The molecule has 2 rings (SSSR count). The second kappa shape index (κ2) is 3.25. The van der Waals surface area contributed by atoms with Crippen molar-refractivity contribution in [3.63, 3.8) is 0 Å². The summed E-state index contributed by atoms with van der Waals surface area (Å²) in [6.07, 6.45) is 1.33. The van der Waals surface area contributed by atoms with Crippen LogP contribution in [0.5, 0.6) is 0 Å². The van der Waals surface area contributed by atoms with Gasteiger partial charge in [-0.3, -0.25) is 4.90 Å². The van der Waals surface area contributed by atoms with Gasteiger partial charge >= 0.3 is 0 Å². The molecule has 2 atom stereocenters. The van der Waals surface area contributed by atoms with E-state index < -0.39 is 0 Å². The molecule has 2 nitrogen and oxygen atoms in total. The van der Waals surface area contributed by atoms with Gasteiger partial charge < -0.3 is 5.32 Å². The molecule has 0 spiro atoms. The summed E-state index contributed by atoms with van der Waals surface area (Å²) in [5.74, 6) is 0.899. The predicted octanol–water partition coefficient (Wildman–Crippen LogP) is 1.33. The van der Waals surface area contributed by atoms with Crippen LogP contribution in [0.4, 0.5) is 0 Å². The standard InChI is InChI=1S/C11H22N2/c1-4-9-5-12-6-10(9)13-7-11(2,3)8-13/h9-10,12H,4-8H2,1-3H3. The van der Waals surface area contributed by atoms with Crippen molar-refractivity contribution in [3.8, 4) is 0 Å². The molecule has 2 heterocycles. The van der Waals surface area contributed by atoms with Crippen LogP contribution >= 0.6 is 0 Å². The second-order valence-electron chi connectivity index (χ2n) is 5.46. The number of likely N-dealkylation sites (tertiary alicyclic amines) is 1. The van der Waals surface area contributed by atoms with Crippen molar-refractivity contribution in [1.29, 1.82) is 0 Å². The third-order valence-electron chi connectivity index (χ3n) is 3.56. The van der Waals surface area contributed by atoms with Crippen molar-refractivity contribution >= 4 is 0 Å². The highest BCUT2D eigenvalue weighted by Crippen LogP contribution is 2.33. The van der Waals surface area contributed by atoms with Gasteiger partial charge in [0.25, 0.3) is 0 Å². The van der Waals surface area contributed by atoms with E-state index in [1.54, 1.807) is 0 Å². The minimum Gasteiger partial charge on any atom is -0.315 e. The van der Waals surface area contributed by atoms with E-state index in [0.717, 1.165) is 12.0 Å². The zero-order chi connectivity index (χ0) is 9.47. The van der Waals surface area contributed by atoms with Crippen molar-refractivity contribution in [2.45, 2.75) is 33.2 Å². The molecule has 0 aromatic rings. The molecule has 0 aromatic heterocycles. The molecule has 2 heteroatoms. The number of rotatable bonds is 2. The third-order valence-corrected chi connectivity index (χ3v) is 3.56. The number of nitrogens with one attached hydrogen (secondary N) is 1. The molecule has 13 heavy (non-hydrogen) atoms. The first-order chi connectivity index (χ1) is 6.12. The molecule has 0 radical (unpaired) electrons. The fourth-order valence-corrected chi connectivity index (χ4v) is 2.85. The van der Waals surface area contributed by atoms with E-state index in [1.165, 1.54) is 32.6 Å². The van der Waals surface area contributed by atoms with E-state index >= 15 is 0 Å². The maximum atomic E-state index is 3.51. The molecular weight excluding hydrogens is 160 g/mol. The number of hydrogen-bond acceptors (Lipinski definition) is 2. The molecule has 2 aliphatic rings. The number of nitrogens with zero attached hydrogens (tertiary/aromatic N) is 1. The van der Waals surface area contributed by atoms with Crippen LogP contribution in [-0.2, 0) is 0 Å². The van der Waals surface area contributed by atoms with Crippen molar-refractivity contribution in [2.75, 3.05) is 26.2 Å². The highest BCUT2D eigenvalue weighted by molar-refractivity contribution is 4.97. The first-order valence-corrected chi connectivity index (χ1v) is 5.57. The van der Waals surface area contributed by atoms with Crippen LogP contribution in [0.1, 0.15) is 27.2 Å². The van der Waals surface area contributed by atoms with Crippen molar-refractivity contribution < 1.29 is 0 Å². The van der Waals surface area contributed by atoms with E-state index in [-0.39, 0.29) is 0 Å². The molecule has 0 aromatic carbocycles. The van der Waals surface area contributed by atoms with Crippen LogP contribution in [0.15, 0.2) is 0 Å². The summed E-state index contributed by atoms with van der Waals surface area (Å²) >= 11 is 0. The van der Waals surface area contributed by atoms with E-state index in [0.29, 0.717) is 5.41 Å². The lowest BCUT2D eigenvalue weighted by atomic mass is 9.81. The summed E-state index contributed by atoms with van der Waals surface area (Å²) in [5, 5.41) is 3.51. The maximum Gasteiger partial charge on any atom is 0.0261 e. The lowest BCUT2D eigenvalue weighted by molar-refractivity contribution is -0.0136. The SMILES string of the molecule is CCC1CNCC1N1CC(C)(C)C1. The third kappa shape index (κ3) is 1.75. The summed E-state index contributed by atoms with van der Waals surface area (Å²) in [5.41, 5.74) is 0.584. The highest BCUT2D eigenvalue weighted by atomic mass is 15.3. The van der Waals surface area contributed by atoms with Crippen LogP contribution in [0, 0.1) is 11.3 Å². The van der Waals surface area contributed by atoms with Crippen LogP contribution in [0.2, 0.25) is 0 Å². The van der Waals surface area contributed by atoms with Gasteiger partial charge in [-0.2, -0.15) is 0 Å². The molecule has 0 bridgehead atoms. The van der Waals surface area contributed by atoms with Gasteiger partial charge in [-0.1, -0.05) is 27.2 Å². The zero-order valence-corrected chi connectivity index (χ0v) is 9.14. The van der Waals surface area contributed by atoms with Gasteiger partial charge in [0.2, 0.25) is 0 Å². The Kier molecular flexibility index (Phi) is 2.37. The van der Waals surface area contributed by atoms with Gasteiger partial charge in [-0.25, -0.2) is 0 Å². The maximum absolute atomic E-state index is 3.51. The molecule has 2 saturated heterocycles. The van der Waals surface area contributed by atoms with Gasteiger partial charge in [0, 0.05) is 25.7 Å². The van der Waals surface area contributed by atoms with Gasteiger partial charge in [0.15, 0.2) is 0 Å². The van der Waals surface area contributed by atoms with Gasteiger partial charge in [-0.05, 0) is 17.9 Å². The van der Waals surface area contributed by atoms with Crippen molar-refractivity contribution in [3.05, 3.63) is 0 Å². The largest absolute Gasteiger partial charge is 0.315 e. The first-order valence-electron chi connectivity index (χ1n) is 5.57. The Balaban J connectivity index is 1.88. The Labute approximate surface area is 81.7 Å². The minimum absolute atomic E-state index is 0.584. The van der Waals surface area contributed by atoms with Crippen molar-refractivity contribution in [2.24, 2.45) is 11.3 Å². The van der Waals surface area contributed by atoms with Gasteiger partial charge in [0.05, 0.1) is 0 Å². The van der Waals surface area contributed by atoms with E-state index in [1.807, 2.05) is 0 Å². The van der Waals surface area contributed by atoms with E-state index in [2.05, 4.69) is 31.0 Å². The molecule has 1 N–H and O–H groups in total. The summed E-state index contributed by atoms with van der Waals surface area (Å²) in [6.45, 7) is 12.1. The lowest BCUT2D eigenvalue weighted by Crippen LogP contribution is -2.59.